The molecule has 0 bridgehead atoms. The Morgan fingerprint density at radius 1 is 1.38 bits per heavy atom. The molecule has 0 aliphatic heterocycles. The van der Waals surface area contributed by atoms with Crippen molar-refractivity contribution in [2.24, 2.45) is 0 Å². The van der Waals surface area contributed by atoms with Crippen molar-refractivity contribution in [1.82, 2.24) is 25.1 Å². The number of allylic oxidation sites excluding steroid dienone is 4. The summed E-state index contributed by atoms with van der Waals surface area (Å²) in [6.07, 6.45) is 9.91. The Morgan fingerprint density at radius 2 is 2.17 bits per heavy atom. The highest BCUT2D eigenvalue weighted by molar-refractivity contribution is 7.99. The Morgan fingerprint density at radius 3 is 2.79 bits per heavy atom. The van der Waals surface area contributed by atoms with E-state index in [1.54, 1.807) is 44.8 Å². The summed E-state index contributed by atoms with van der Waals surface area (Å²) in [6, 6.07) is 3.72. The van der Waals surface area contributed by atoms with Gasteiger partial charge in [-0.3, -0.25) is 14.3 Å². The van der Waals surface area contributed by atoms with Crippen LogP contribution in [0.25, 0.3) is 11.4 Å². The van der Waals surface area contributed by atoms with Crippen molar-refractivity contribution in [3.05, 3.63) is 61.1 Å². The molecule has 29 heavy (non-hydrogen) atoms. The molecule has 0 aliphatic rings. The normalized spacial score (nSPS) is 11.9. The number of nitrogens with one attached hydrogen (secondary N) is 1. The number of methoxy groups -OCH3 is 2. The zero-order valence-electron chi connectivity index (χ0n) is 16.7. The van der Waals surface area contributed by atoms with E-state index in [-0.39, 0.29) is 11.7 Å². The van der Waals surface area contributed by atoms with E-state index in [1.165, 1.54) is 11.8 Å². The zero-order valence-corrected chi connectivity index (χ0v) is 17.6. The van der Waals surface area contributed by atoms with E-state index in [1.807, 2.05) is 29.7 Å². The molecule has 2 rings (SSSR count). The van der Waals surface area contributed by atoms with Crippen LogP contribution in [0.1, 0.15) is 6.92 Å². The van der Waals surface area contributed by atoms with Crippen molar-refractivity contribution < 1.29 is 14.3 Å². The van der Waals surface area contributed by atoms with E-state index in [2.05, 4.69) is 27.1 Å². The summed E-state index contributed by atoms with van der Waals surface area (Å²) in [7, 11) is 3.13. The summed E-state index contributed by atoms with van der Waals surface area (Å²) in [4.78, 5) is 16.5. The molecule has 0 aromatic carbocycles. The fourth-order valence-corrected chi connectivity index (χ4v) is 3.18. The second-order valence-corrected chi connectivity index (χ2v) is 6.70. The van der Waals surface area contributed by atoms with Crippen LogP contribution in [0.15, 0.2) is 66.3 Å². The number of rotatable bonds is 11. The highest BCUT2D eigenvalue weighted by Gasteiger charge is 2.19. The molecule has 0 atom stereocenters. The van der Waals surface area contributed by atoms with Gasteiger partial charge in [0.15, 0.2) is 17.3 Å². The molecule has 0 saturated carbocycles. The van der Waals surface area contributed by atoms with Crippen LogP contribution < -0.4 is 5.32 Å². The second kappa shape index (κ2) is 11.9. The summed E-state index contributed by atoms with van der Waals surface area (Å²) in [5.74, 6) is 0.636. The first kappa shape index (κ1) is 22.5. The van der Waals surface area contributed by atoms with Crippen LogP contribution in [0.4, 0.5) is 0 Å². The number of hydrogen-bond acceptors (Lipinski definition) is 7. The minimum absolute atomic E-state index is 0.159. The van der Waals surface area contributed by atoms with Gasteiger partial charge >= 0.3 is 0 Å². The molecule has 0 spiro atoms. The van der Waals surface area contributed by atoms with Crippen molar-refractivity contribution in [3.63, 3.8) is 0 Å². The van der Waals surface area contributed by atoms with Crippen LogP contribution in [0.5, 0.6) is 0 Å². The monoisotopic (exact) mass is 415 g/mol. The Bertz CT molecular complexity index is 860. The van der Waals surface area contributed by atoms with E-state index in [0.29, 0.717) is 23.2 Å². The van der Waals surface area contributed by atoms with Crippen LogP contribution >= 0.6 is 11.8 Å². The predicted octanol–water partition coefficient (Wildman–Crippen LogP) is 2.81. The van der Waals surface area contributed by atoms with Gasteiger partial charge in [0.1, 0.15) is 0 Å². The van der Waals surface area contributed by atoms with Crippen LogP contribution in [0, 0.1) is 0 Å². The molecule has 1 amide bonds. The molecule has 9 heteroatoms. The van der Waals surface area contributed by atoms with Gasteiger partial charge in [0, 0.05) is 37.9 Å². The number of pyridine rings is 1. The van der Waals surface area contributed by atoms with Gasteiger partial charge in [-0.15, -0.1) is 10.2 Å². The van der Waals surface area contributed by atoms with Crippen LogP contribution in [0.2, 0.25) is 0 Å². The van der Waals surface area contributed by atoms with Crippen molar-refractivity contribution in [2.75, 3.05) is 20.0 Å². The SMILES string of the molecule is C=C/C=C(\C=C/C)NC(=O)CSc1nnc(-c2cccnc2)n1CC(OC)OC. The lowest BCUT2D eigenvalue weighted by molar-refractivity contribution is -0.117. The van der Waals surface area contributed by atoms with Gasteiger partial charge in [-0.05, 0) is 31.2 Å². The molecule has 0 fully saturated rings. The van der Waals surface area contributed by atoms with Crippen molar-refractivity contribution in [3.8, 4) is 11.4 Å². The van der Waals surface area contributed by atoms with Gasteiger partial charge in [0.2, 0.25) is 5.91 Å². The molecule has 0 unspecified atom stereocenters. The van der Waals surface area contributed by atoms with E-state index in [0.717, 1.165) is 5.56 Å². The third-order valence-electron chi connectivity index (χ3n) is 3.75. The maximum absolute atomic E-state index is 12.3. The van der Waals surface area contributed by atoms with Crippen LogP contribution in [-0.2, 0) is 20.8 Å². The van der Waals surface area contributed by atoms with Gasteiger partial charge in [0.05, 0.1) is 12.3 Å². The van der Waals surface area contributed by atoms with Gasteiger partial charge < -0.3 is 14.8 Å². The fourth-order valence-electron chi connectivity index (χ4n) is 2.44. The second-order valence-electron chi connectivity index (χ2n) is 5.75. The Labute approximate surface area is 174 Å². The molecule has 8 nitrogen and oxygen atoms in total. The highest BCUT2D eigenvalue weighted by atomic mass is 32.2. The smallest absolute Gasteiger partial charge is 0.234 e. The highest BCUT2D eigenvalue weighted by Crippen LogP contribution is 2.24. The molecular formula is C20H25N5O3S. The number of nitrogens with zero attached hydrogens (tertiary/aromatic N) is 4. The maximum atomic E-state index is 12.3. The first-order valence-electron chi connectivity index (χ1n) is 8.90. The van der Waals surface area contributed by atoms with Gasteiger partial charge in [-0.1, -0.05) is 30.5 Å². The lowest BCUT2D eigenvalue weighted by Crippen LogP contribution is -2.24. The molecule has 154 valence electrons. The molecule has 1 N–H and O–H groups in total. The maximum Gasteiger partial charge on any atom is 0.234 e. The average Bonchev–Trinajstić information content (AvgIpc) is 3.14. The number of thioether (sulfide) groups is 1. The molecule has 0 radical (unpaired) electrons. The van der Waals surface area contributed by atoms with E-state index >= 15 is 0 Å². The molecular weight excluding hydrogens is 390 g/mol. The van der Waals surface area contributed by atoms with Crippen LogP contribution in [-0.4, -0.2) is 51.9 Å². The number of amides is 1. The number of carbonyl (C=O) groups is 1. The first-order valence-corrected chi connectivity index (χ1v) is 9.88. The molecule has 2 heterocycles. The summed E-state index contributed by atoms with van der Waals surface area (Å²) >= 11 is 1.28. The number of aromatic nitrogens is 4. The number of carbonyl (C=O) groups excluding carboxylic acids is 1. The number of hydrogen-bond donors (Lipinski definition) is 1. The summed E-state index contributed by atoms with van der Waals surface area (Å²) < 4.78 is 12.5. The van der Waals surface area contributed by atoms with E-state index < -0.39 is 6.29 Å². The predicted molar refractivity (Wildman–Crippen MR) is 113 cm³/mol. The third-order valence-corrected chi connectivity index (χ3v) is 4.72. The van der Waals surface area contributed by atoms with Gasteiger partial charge in [-0.2, -0.15) is 0 Å². The lowest BCUT2D eigenvalue weighted by Gasteiger charge is -2.16. The van der Waals surface area contributed by atoms with E-state index in [4.69, 9.17) is 9.47 Å². The van der Waals surface area contributed by atoms with Gasteiger partial charge in [-0.25, -0.2) is 0 Å². The van der Waals surface area contributed by atoms with E-state index in [9.17, 15) is 4.79 Å². The lowest BCUT2D eigenvalue weighted by atomic mass is 10.3. The third kappa shape index (κ3) is 6.67. The van der Waals surface area contributed by atoms with Crippen molar-refractivity contribution >= 4 is 17.7 Å². The zero-order chi connectivity index (χ0) is 21.1. The molecule has 2 aromatic rings. The van der Waals surface area contributed by atoms with Gasteiger partial charge in [0.25, 0.3) is 0 Å². The quantitative estimate of drug-likeness (QED) is 0.343. The molecule has 2 aromatic heterocycles. The first-order chi connectivity index (χ1) is 14.1. The summed E-state index contributed by atoms with van der Waals surface area (Å²) in [5.41, 5.74) is 1.48. The largest absolute Gasteiger partial charge is 0.354 e. The molecule has 0 aliphatic carbocycles. The summed E-state index contributed by atoms with van der Waals surface area (Å²) in [5, 5.41) is 11.9. The Kier molecular flexibility index (Phi) is 9.29. The minimum Gasteiger partial charge on any atom is -0.354 e. The van der Waals surface area contributed by atoms with Crippen molar-refractivity contribution in [1.29, 1.82) is 0 Å². The Hall–Kier alpha value is -2.75. The minimum atomic E-state index is -0.480. The average molecular weight is 416 g/mol. The fraction of sp³-hybridized carbons (Fsp3) is 0.300. The van der Waals surface area contributed by atoms with Crippen LogP contribution in [0.3, 0.4) is 0 Å². The Balaban J connectivity index is 2.19. The van der Waals surface area contributed by atoms with Crippen molar-refractivity contribution in [2.45, 2.75) is 24.9 Å². The topological polar surface area (TPSA) is 91.2 Å². The standard InChI is InChI=1S/C20H25N5O3S/c1-5-8-16(9-6-2)22-17(26)14-29-20-24-23-19(15-10-7-11-21-12-15)25(20)13-18(27-3)28-4/h5-12,18H,1,13-14H2,2-4H3,(H,22,26)/b9-6-,16-8+. The number of ether oxygens (including phenoxy) is 2. The summed E-state index contributed by atoms with van der Waals surface area (Å²) in [6.45, 7) is 5.90. The molecule has 0 saturated heterocycles.